The third-order valence-electron chi connectivity index (χ3n) is 1.05. The van der Waals surface area contributed by atoms with Gasteiger partial charge in [0.1, 0.15) is 6.61 Å². The molecular weight excluding hydrogens is 180 g/mol. The summed E-state index contributed by atoms with van der Waals surface area (Å²) < 4.78 is 14.5. The minimum Gasteiger partial charge on any atom is -0.455 e. The number of rotatable bonds is 6. The van der Waals surface area contributed by atoms with E-state index in [1.807, 2.05) is 0 Å². The summed E-state index contributed by atoms with van der Waals surface area (Å²) in [6.45, 7) is 1.84. The molecule has 5 heteroatoms. The zero-order valence-electron chi connectivity index (χ0n) is 7.37. The van der Waals surface area contributed by atoms with Crippen molar-refractivity contribution in [3.05, 3.63) is 0 Å². The van der Waals surface area contributed by atoms with E-state index in [-0.39, 0.29) is 5.30 Å². The minimum atomic E-state index is -0.273. The monoisotopic (exact) mass is 194 g/mol. The van der Waals surface area contributed by atoms with E-state index in [0.717, 1.165) is 11.8 Å². The topological polar surface area (TPSA) is 44.8 Å². The van der Waals surface area contributed by atoms with Crippen LogP contribution >= 0.6 is 11.8 Å². The summed E-state index contributed by atoms with van der Waals surface area (Å²) in [5.41, 5.74) is 0. The SMILES string of the molecule is COCCOCCOC(=O)SC. The molecule has 0 unspecified atom stereocenters. The van der Waals surface area contributed by atoms with Gasteiger partial charge in [-0.2, -0.15) is 0 Å². The van der Waals surface area contributed by atoms with Gasteiger partial charge in [0.15, 0.2) is 0 Å². The molecule has 12 heavy (non-hydrogen) atoms. The van der Waals surface area contributed by atoms with Crippen molar-refractivity contribution < 1.29 is 19.0 Å². The predicted molar refractivity (Wildman–Crippen MR) is 47.6 cm³/mol. The molecule has 0 heterocycles. The molecule has 0 N–H and O–H groups in total. The van der Waals surface area contributed by atoms with E-state index in [1.54, 1.807) is 13.4 Å². The molecule has 0 atom stereocenters. The van der Waals surface area contributed by atoms with Crippen LogP contribution in [0.3, 0.4) is 0 Å². The smallest absolute Gasteiger partial charge is 0.367 e. The van der Waals surface area contributed by atoms with Gasteiger partial charge in [-0.25, -0.2) is 4.79 Å². The third-order valence-corrected chi connectivity index (χ3v) is 1.50. The number of carbonyl (C=O) groups is 1. The lowest BCUT2D eigenvalue weighted by Gasteiger charge is -2.03. The van der Waals surface area contributed by atoms with Crippen molar-refractivity contribution in [2.45, 2.75) is 0 Å². The molecule has 0 rings (SSSR count). The van der Waals surface area contributed by atoms with E-state index in [1.165, 1.54) is 0 Å². The number of thioether (sulfide) groups is 1. The standard InChI is InChI=1S/C7H14O4S/c1-9-3-4-10-5-6-11-7(8)12-2/h3-6H2,1-2H3. The Hall–Kier alpha value is -0.260. The normalized spacial score (nSPS) is 9.83. The highest BCUT2D eigenvalue weighted by Gasteiger charge is 1.97. The average molecular weight is 194 g/mol. The highest BCUT2D eigenvalue weighted by Crippen LogP contribution is 1.97. The molecular formula is C7H14O4S. The van der Waals surface area contributed by atoms with Crippen LogP contribution in [0.15, 0.2) is 0 Å². The van der Waals surface area contributed by atoms with Crippen molar-refractivity contribution in [1.29, 1.82) is 0 Å². The fraction of sp³-hybridized carbons (Fsp3) is 0.857. The van der Waals surface area contributed by atoms with Gasteiger partial charge in [-0.1, -0.05) is 0 Å². The van der Waals surface area contributed by atoms with Gasteiger partial charge in [0.2, 0.25) is 0 Å². The Morgan fingerprint density at radius 3 is 2.50 bits per heavy atom. The number of ether oxygens (including phenoxy) is 3. The van der Waals surface area contributed by atoms with Crippen molar-refractivity contribution in [3.63, 3.8) is 0 Å². The number of carbonyl (C=O) groups excluding carboxylic acids is 1. The predicted octanol–water partition coefficient (Wildman–Crippen LogP) is 1.15. The Labute approximate surface area is 76.6 Å². The second-order valence-corrected chi connectivity index (χ2v) is 2.65. The molecule has 0 aliphatic heterocycles. The van der Waals surface area contributed by atoms with Gasteiger partial charge < -0.3 is 14.2 Å². The van der Waals surface area contributed by atoms with E-state index in [2.05, 4.69) is 0 Å². The first-order valence-corrected chi connectivity index (χ1v) is 4.81. The maximum absolute atomic E-state index is 10.6. The summed E-state index contributed by atoms with van der Waals surface area (Å²) in [6.07, 6.45) is 1.67. The first-order chi connectivity index (χ1) is 5.81. The maximum atomic E-state index is 10.6. The van der Waals surface area contributed by atoms with Crippen molar-refractivity contribution >= 4 is 17.1 Å². The van der Waals surface area contributed by atoms with E-state index < -0.39 is 0 Å². The van der Waals surface area contributed by atoms with Crippen LogP contribution in [-0.2, 0) is 14.2 Å². The number of hydrogen-bond donors (Lipinski definition) is 0. The summed E-state index contributed by atoms with van der Waals surface area (Å²) in [5, 5.41) is -0.273. The molecule has 0 radical (unpaired) electrons. The molecule has 0 spiro atoms. The number of hydrogen-bond acceptors (Lipinski definition) is 5. The molecule has 0 aromatic heterocycles. The first kappa shape index (κ1) is 11.7. The van der Waals surface area contributed by atoms with Crippen LogP contribution in [0.25, 0.3) is 0 Å². The van der Waals surface area contributed by atoms with Gasteiger partial charge in [0.25, 0.3) is 0 Å². The zero-order valence-corrected chi connectivity index (χ0v) is 8.19. The molecule has 0 aromatic rings. The van der Waals surface area contributed by atoms with Gasteiger partial charge >= 0.3 is 5.30 Å². The molecule has 0 aliphatic rings. The van der Waals surface area contributed by atoms with Gasteiger partial charge in [0, 0.05) is 7.11 Å². The van der Waals surface area contributed by atoms with Gasteiger partial charge in [-0.05, 0) is 18.0 Å². The fourth-order valence-corrected chi connectivity index (χ4v) is 0.688. The second kappa shape index (κ2) is 8.83. The average Bonchev–Trinajstić information content (AvgIpc) is 2.10. The Balaban J connectivity index is 2.95. The van der Waals surface area contributed by atoms with Crippen molar-refractivity contribution in [2.75, 3.05) is 39.8 Å². The molecule has 0 amide bonds. The summed E-state index contributed by atoms with van der Waals surface area (Å²) in [5.74, 6) is 0. The van der Waals surface area contributed by atoms with E-state index in [0.29, 0.717) is 26.4 Å². The largest absolute Gasteiger partial charge is 0.455 e. The van der Waals surface area contributed by atoms with Crippen LogP contribution in [0.5, 0.6) is 0 Å². The lowest BCUT2D eigenvalue weighted by molar-refractivity contribution is 0.0469. The quantitative estimate of drug-likeness (QED) is 0.469. The lowest BCUT2D eigenvalue weighted by atomic mass is 10.7. The van der Waals surface area contributed by atoms with Crippen molar-refractivity contribution in [2.24, 2.45) is 0 Å². The van der Waals surface area contributed by atoms with Gasteiger partial charge in [-0.15, -0.1) is 0 Å². The van der Waals surface area contributed by atoms with Crippen LogP contribution in [0.2, 0.25) is 0 Å². The maximum Gasteiger partial charge on any atom is 0.367 e. The first-order valence-electron chi connectivity index (χ1n) is 3.58. The van der Waals surface area contributed by atoms with Crippen LogP contribution in [-0.4, -0.2) is 45.1 Å². The summed E-state index contributed by atoms with van der Waals surface area (Å²) in [6, 6.07) is 0. The molecule has 0 aromatic carbocycles. The highest BCUT2D eigenvalue weighted by molar-refractivity contribution is 8.12. The molecule has 0 aliphatic carbocycles. The molecule has 72 valence electrons. The molecule has 0 fully saturated rings. The Morgan fingerprint density at radius 2 is 1.92 bits per heavy atom. The van der Waals surface area contributed by atoms with E-state index >= 15 is 0 Å². The Bertz CT molecular complexity index is 118. The molecule has 0 saturated heterocycles. The summed E-state index contributed by atoms with van der Waals surface area (Å²) in [4.78, 5) is 10.6. The van der Waals surface area contributed by atoms with Crippen LogP contribution in [0.1, 0.15) is 0 Å². The number of methoxy groups -OCH3 is 1. The van der Waals surface area contributed by atoms with Crippen LogP contribution < -0.4 is 0 Å². The molecule has 0 saturated carbocycles. The lowest BCUT2D eigenvalue weighted by Crippen LogP contribution is -2.09. The van der Waals surface area contributed by atoms with Crippen LogP contribution in [0, 0.1) is 0 Å². The molecule has 0 bridgehead atoms. The van der Waals surface area contributed by atoms with Crippen LogP contribution in [0.4, 0.5) is 4.79 Å². The highest BCUT2D eigenvalue weighted by atomic mass is 32.2. The summed E-state index contributed by atoms with van der Waals surface area (Å²) >= 11 is 1.05. The van der Waals surface area contributed by atoms with Gasteiger partial charge in [-0.3, -0.25) is 0 Å². The van der Waals surface area contributed by atoms with E-state index in [4.69, 9.17) is 14.2 Å². The van der Waals surface area contributed by atoms with Gasteiger partial charge in [0.05, 0.1) is 19.8 Å². The fourth-order valence-electron chi connectivity index (χ4n) is 0.487. The van der Waals surface area contributed by atoms with Crippen molar-refractivity contribution in [1.82, 2.24) is 0 Å². The Kier molecular flexibility index (Phi) is 8.64. The Morgan fingerprint density at radius 1 is 1.25 bits per heavy atom. The second-order valence-electron chi connectivity index (χ2n) is 1.91. The summed E-state index contributed by atoms with van der Waals surface area (Å²) in [7, 11) is 1.61. The van der Waals surface area contributed by atoms with E-state index in [9.17, 15) is 4.79 Å². The zero-order chi connectivity index (χ0) is 9.23. The van der Waals surface area contributed by atoms with Crippen molar-refractivity contribution in [3.8, 4) is 0 Å². The molecule has 4 nitrogen and oxygen atoms in total. The third kappa shape index (κ3) is 7.84. The minimum absolute atomic E-state index is 0.273.